The van der Waals surface area contributed by atoms with Crippen LogP contribution in [0.1, 0.15) is 31.7 Å². The lowest BCUT2D eigenvalue weighted by atomic mass is 9.81. The molecule has 0 aliphatic heterocycles. The van der Waals surface area contributed by atoms with Crippen LogP contribution in [0.15, 0.2) is 70.9 Å². The number of hydrogen-bond donors (Lipinski definition) is 3. The normalized spacial score (nSPS) is 22.5. The molecule has 3 atom stereocenters. The number of rotatable bonds is 10. The molecule has 0 saturated heterocycles. The number of Topliss-reactive ketones (excluding diaryl/α,β-unsaturated/α-hetero) is 1. The number of benzene rings is 2. The summed E-state index contributed by atoms with van der Waals surface area (Å²) in [6.45, 7) is 1.83. The lowest BCUT2D eigenvalue weighted by Gasteiger charge is -2.29. The Kier molecular flexibility index (Phi) is 6.91. The predicted octanol–water partition coefficient (Wildman–Crippen LogP) is 4.21. The first-order valence-electron chi connectivity index (χ1n) is 11.0. The molecule has 0 bridgehead atoms. The molecule has 0 amide bonds. The van der Waals surface area contributed by atoms with E-state index in [1.54, 1.807) is 60.7 Å². The Balaban J connectivity index is 1.73. The maximum absolute atomic E-state index is 13.4. The first kappa shape index (κ1) is 25.5. The van der Waals surface area contributed by atoms with Crippen molar-refractivity contribution in [3.05, 3.63) is 77.3 Å². The third-order valence-corrected chi connectivity index (χ3v) is 9.86. The number of carbonyl (C=O) groups excluding carboxylic acids is 1. The molecular formula is C25H25ClN2O5S2. The molecule has 10 heteroatoms. The van der Waals surface area contributed by atoms with E-state index in [4.69, 9.17) is 17.3 Å². The maximum atomic E-state index is 13.4. The summed E-state index contributed by atoms with van der Waals surface area (Å²) in [6, 6.07) is 17.4. The van der Waals surface area contributed by atoms with Crippen LogP contribution >= 0.6 is 22.9 Å². The van der Waals surface area contributed by atoms with Gasteiger partial charge in [0.15, 0.2) is 5.78 Å². The Morgan fingerprint density at radius 3 is 2.37 bits per heavy atom. The van der Waals surface area contributed by atoms with Crippen LogP contribution in [0.5, 0.6) is 0 Å². The Morgan fingerprint density at radius 1 is 1.11 bits per heavy atom. The molecule has 184 valence electrons. The fraction of sp³-hybridized carbons (Fsp3) is 0.280. The van der Waals surface area contributed by atoms with E-state index in [0.717, 1.165) is 16.9 Å². The molecule has 3 unspecified atom stereocenters. The van der Waals surface area contributed by atoms with Crippen LogP contribution in [-0.4, -0.2) is 36.9 Å². The van der Waals surface area contributed by atoms with E-state index in [1.165, 1.54) is 6.07 Å². The van der Waals surface area contributed by atoms with Crippen LogP contribution in [0, 0.1) is 0 Å². The van der Waals surface area contributed by atoms with Crippen LogP contribution in [0.25, 0.3) is 10.4 Å². The molecule has 3 aromatic rings. The van der Waals surface area contributed by atoms with Gasteiger partial charge in [-0.3, -0.25) is 9.59 Å². The number of ketones is 1. The maximum Gasteiger partial charge on any atom is 0.325 e. The fourth-order valence-corrected chi connectivity index (χ4v) is 7.49. The summed E-state index contributed by atoms with van der Waals surface area (Å²) in [6.07, 6.45) is 0.587. The van der Waals surface area contributed by atoms with E-state index in [1.807, 2.05) is 6.92 Å². The smallest absolute Gasteiger partial charge is 0.325 e. The molecule has 2 aromatic carbocycles. The van der Waals surface area contributed by atoms with Gasteiger partial charge in [0.2, 0.25) is 0 Å². The SMILES string of the molecule is CCCC(=O)C(N)C1(c2ccccc2)CC1(NS(=O)(=O)c1ccc(-c2ccc(Cl)cc2)s1)C(=O)O. The first-order valence-corrected chi connectivity index (χ1v) is 13.7. The zero-order chi connectivity index (χ0) is 25.4. The lowest BCUT2D eigenvalue weighted by molar-refractivity contribution is -0.141. The topological polar surface area (TPSA) is 127 Å². The molecule has 0 radical (unpaired) electrons. The number of hydrogen-bond acceptors (Lipinski definition) is 6. The molecular weight excluding hydrogens is 508 g/mol. The van der Waals surface area contributed by atoms with Crippen molar-refractivity contribution in [2.45, 2.75) is 47.4 Å². The van der Waals surface area contributed by atoms with Crippen LogP contribution in [0.3, 0.4) is 0 Å². The summed E-state index contributed by atoms with van der Waals surface area (Å²) in [5, 5.41) is 10.8. The third kappa shape index (κ3) is 4.43. The van der Waals surface area contributed by atoms with Crippen LogP contribution in [0.4, 0.5) is 0 Å². The number of halogens is 1. The second-order valence-electron chi connectivity index (χ2n) is 8.65. The van der Waals surface area contributed by atoms with Crippen molar-refractivity contribution in [1.29, 1.82) is 0 Å². The molecule has 1 aliphatic rings. The van der Waals surface area contributed by atoms with Crippen molar-refractivity contribution in [3.63, 3.8) is 0 Å². The van der Waals surface area contributed by atoms with Crippen molar-refractivity contribution in [2.24, 2.45) is 5.73 Å². The molecule has 1 heterocycles. The Hall–Kier alpha value is -2.56. The van der Waals surface area contributed by atoms with Gasteiger partial charge in [0.25, 0.3) is 10.0 Å². The van der Waals surface area contributed by atoms with Gasteiger partial charge in [0.05, 0.1) is 6.04 Å². The monoisotopic (exact) mass is 532 g/mol. The third-order valence-electron chi connectivity index (χ3n) is 6.49. The van der Waals surface area contributed by atoms with Crippen molar-refractivity contribution >= 4 is 44.7 Å². The van der Waals surface area contributed by atoms with E-state index < -0.39 is 33.0 Å². The Labute approximate surface area is 213 Å². The fourth-order valence-electron chi connectivity index (χ4n) is 4.64. The number of thiophene rings is 1. The highest BCUT2D eigenvalue weighted by Crippen LogP contribution is 2.60. The quantitative estimate of drug-likeness (QED) is 0.359. The van der Waals surface area contributed by atoms with Gasteiger partial charge in [-0.15, -0.1) is 11.3 Å². The van der Waals surface area contributed by atoms with Crippen molar-refractivity contribution in [3.8, 4) is 10.4 Å². The average molecular weight is 533 g/mol. The highest BCUT2D eigenvalue weighted by Gasteiger charge is 2.78. The summed E-state index contributed by atoms with van der Waals surface area (Å²) >= 11 is 6.95. The standard InChI is InChI=1S/C25H25ClN2O5S2/c1-2-6-19(29)22(27)24(17-7-4-3-5-8-17)15-25(24,23(30)31)28-35(32,33)21-14-13-20(34-21)16-9-11-18(26)12-10-16/h3-5,7-14,22,28H,2,6,15,27H2,1H3,(H,30,31). The second kappa shape index (κ2) is 9.48. The van der Waals surface area contributed by atoms with Crippen molar-refractivity contribution < 1.29 is 23.1 Å². The minimum atomic E-state index is -4.25. The van der Waals surface area contributed by atoms with Gasteiger partial charge in [0, 0.05) is 21.7 Å². The Morgan fingerprint density at radius 2 is 1.77 bits per heavy atom. The van der Waals surface area contributed by atoms with E-state index in [9.17, 15) is 23.1 Å². The van der Waals surface area contributed by atoms with Gasteiger partial charge in [-0.25, -0.2) is 8.42 Å². The average Bonchev–Trinajstić information content (AvgIpc) is 3.23. The number of sulfonamides is 1. The van der Waals surface area contributed by atoms with Crippen LogP contribution in [0.2, 0.25) is 5.02 Å². The molecule has 1 aliphatic carbocycles. The minimum absolute atomic E-state index is 0.0367. The number of carbonyl (C=O) groups is 2. The number of nitrogens with one attached hydrogen (secondary N) is 1. The van der Waals surface area contributed by atoms with Crippen molar-refractivity contribution in [1.82, 2.24) is 4.72 Å². The highest BCUT2D eigenvalue weighted by atomic mass is 35.5. The number of nitrogens with two attached hydrogens (primary N) is 1. The molecule has 1 fully saturated rings. The number of carboxylic acids is 1. The predicted molar refractivity (Wildman–Crippen MR) is 136 cm³/mol. The van der Waals surface area contributed by atoms with Gasteiger partial charge in [0.1, 0.15) is 9.75 Å². The van der Waals surface area contributed by atoms with Crippen LogP contribution < -0.4 is 10.5 Å². The highest BCUT2D eigenvalue weighted by molar-refractivity contribution is 7.91. The number of aliphatic carboxylic acids is 1. The van der Waals surface area contributed by atoms with Crippen LogP contribution in [-0.2, 0) is 25.0 Å². The Bertz CT molecular complexity index is 1360. The molecule has 4 N–H and O–H groups in total. The molecule has 35 heavy (non-hydrogen) atoms. The van der Waals surface area contributed by atoms with Crippen molar-refractivity contribution in [2.75, 3.05) is 0 Å². The first-order chi connectivity index (χ1) is 16.6. The summed E-state index contributed by atoms with van der Waals surface area (Å²) in [4.78, 5) is 26.1. The van der Waals surface area contributed by atoms with E-state index >= 15 is 0 Å². The number of carboxylic acid groups (broad SMARTS) is 1. The molecule has 1 aromatic heterocycles. The van der Waals surface area contributed by atoms with Gasteiger partial charge in [-0.1, -0.05) is 61.0 Å². The molecule has 1 saturated carbocycles. The second-order valence-corrected chi connectivity index (χ2v) is 12.1. The van der Waals surface area contributed by atoms with Gasteiger partial charge < -0.3 is 10.8 Å². The molecule has 7 nitrogen and oxygen atoms in total. The van der Waals surface area contributed by atoms with E-state index in [2.05, 4.69) is 4.72 Å². The lowest BCUT2D eigenvalue weighted by Crippen LogP contribution is -2.56. The summed E-state index contributed by atoms with van der Waals surface area (Å²) in [5.74, 6) is -1.68. The van der Waals surface area contributed by atoms with Gasteiger partial charge in [-0.2, -0.15) is 4.72 Å². The summed E-state index contributed by atoms with van der Waals surface area (Å²) in [5.41, 5.74) is 4.31. The largest absolute Gasteiger partial charge is 0.480 e. The molecule has 0 spiro atoms. The zero-order valence-corrected chi connectivity index (χ0v) is 21.3. The van der Waals surface area contributed by atoms with Gasteiger partial charge >= 0.3 is 5.97 Å². The summed E-state index contributed by atoms with van der Waals surface area (Å²) in [7, 11) is -4.25. The zero-order valence-electron chi connectivity index (χ0n) is 18.9. The van der Waals surface area contributed by atoms with E-state index in [0.29, 0.717) is 21.9 Å². The molecule has 4 rings (SSSR count). The van der Waals surface area contributed by atoms with E-state index in [-0.39, 0.29) is 22.8 Å². The minimum Gasteiger partial charge on any atom is -0.480 e. The summed E-state index contributed by atoms with van der Waals surface area (Å²) < 4.78 is 29.2. The van der Waals surface area contributed by atoms with Gasteiger partial charge in [-0.05, 0) is 48.2 Å².